The summed E-state index contributed by atoms with van der Waals surface area (Å²) in [5.41, 5.74) is 5.38. The highest BCUT2D eigenvalue weighted by atomic mass is 16.7. The van der Waals surface area contributed by atoms with E-state index in [-0.39, 0.29) is 6.29 Å². The van der Waals surface area contributed by atoms with Crippen LogP contribution >= 0.6 is 0 Å². The molecule has 3 N–H and O–H groups in total. The highest BCUT2D eigenvalue weighted by Gasteiger charge is 2.14. The minimum absolute atomic E-state index is 0.0538. The summed E-state index contributed by atoms with van der Waals surface area (Å²) in [6, 6.07) is -0.745. The van der Waals surface area contributed by atoms with Crippen molar-refractivity contribution in [1.29, 1.82) is 0 Å². The molecule has 0 spiro atoms. The molecule has 0 radical (unpaired) electrons. The number of unbranched alkanes of at least 4 members (excludes halogenated alkanes) is 1. The topological polar surface area (TPSA) is 81.8 Å². The molecule has 5 heteroatoms. The van der Waals surface area contributed by atoms with E-state index < -0.39 is 12.0 Å². The van der Waals surface area contributed by atoms with Gasteiger partial charge in [-0.3, -0.25) is 4.79 Å². The van der Waals surface area contributed by atoms with E-state index in [1.807, 2.05) is 0 Å². The Kier molecular flexibility index (Phi) is 6.37. The molecule has 1 rings (SSSR count). The molecule has 16 heavy (non-hydrogen) atoms. The second-order valence-corrected chi connectivity index (χ2v) is 4.11. The first-order chi connectivity index (χ1) is 7.70. The van der Waals surface area contributed by atoms with E-state index >= 15 is 0 Å². The highest BCUT2D eigenvalue weighted by molar-refractivity contribution is 5.72. The molecule has 94 valence electrons. The zero-order valence-electron chi connectivity index (χ0n) is 9.56. The van der Waals surface area contributed by atoms with Crippen LogP contribution in [0.25, 0.3) is 0 Å². The Labute approximate surface area is 95.9 Å². The summed E-state index contributed by atoms with van der Waals surface area (Å²) in [5, 5.41) is 8.57. The van der Waals surface area contributed by atoms with Crippen molar-refractivity contribution >= 4 is 5.97 Å². The third-order valence-corrected chi connectivity index (χ3v) is 2.67. The van der Waals surface area contributed by atoms with E-state index in [0.717, 1.165) is 38.7 Å². The monoisotopic (exact) mass is 231 g/mol. The number of carboxylic acid groups (broad SMARTS) is 1. The maximum atomic E-state index is 10.4. The minimum atomic E-state index is -0.934. The smallest absolute Gasteiger partial charge is 0.320 e. The van der Waals surface area contributed by atoms with Crippen LogP contribution in [0.5, 0.6) is 0 Å². The summed E-state index contributed by atoms with van der Waals surface area (Å²) in [7, 11) is 0. The molecule has 5 nitrogen and oxygen atoms in total. The first kappa shape index (κ1) is 13.4. The lowest BCUT2D eigenvalue weighted by atomic mass is 10.1. The predicted octanol–water partition coefficient (Wildman–Crippen LogP) is 1.11. The van der Waals surface area contributed by atoms with Crippen molar-refractivity contribution in [3.63, 3.8) is 0 Å². The Balaban J connectivity index is 1.93. The van der Waals surface area contributed by atoms with Gasteiger partial charge in [-0.1, -0.05) is 0 Å². The molecule has 0 aromatic carbocycles. The second kappa shape index (κ2) is 7.60. The molecular formula is C11H21NO4. The molecule has 2 atom stereocenters. The van der Waals surface area contributed by atoms with Gasteiger partial charge in [0.25, 0.3) is 0 Å². The SMILES string of the molecule is N[C@@H](CCCCOC1CCCCO1)C(=O)O. The van der Waals surface area contributed by atoms with Gasteiger partial charge in [0.05, 0.1) is 0 Å². The Hall–Kier alpha value is -0.650. The highest BCUT2D eigenvalue weighted by Crippen LogP contribution is 2.14. The first-order valence-corrected chi connectivity index (χ1v) is 5.91. The first-order valence-electron chi connectivity index (χ1n) is 5.91. The van der Waals surface area contributed by atoms with E-state index in [1.54, 1.807) is 0 Å². The standard InChI is InChI=1S/C11H21NO4/c12-9(11(13)14)5-1-3-7-15-10-6-2-4-8-16-10/h9-10H,1-8,12H2,(H,13,14)/t9-,10?/m0/s1. The summed E-state index contributed by atoms with van der Waals surface area (Å²) in [4.78, 5) is 10.4. The molecule has 1 saturated heterocycles. The van der Waals surface area contributed by atoms with Crippen LogP contribution in [0, 0.1) is 0 Å². The van der Waals surface area contributed by atoms with E-state index in [1.165, 1.54) is 0 Å². The fourth-order valence-electron chi connectivity index (χ4n) is 1.65. The van der Waals surface area contributed by atoms with Gasteiger partial charge in [-0.05, 0) is 38.5 Å². The maximum absolute atomic E-state index is 10.4. The summed E-state index contributed by atoms with van der Waals surface area (Å²) in [6.07, 6.45) is 5.31. The Morgan fingerprint density at radius 2 is 2.31 bits per heavy atom. The lowest BCUT2D eigenvalue weighted by Gasteiger charge is -2.22. The van der Waals surface area contributed by atoms with Crippen molar-refractivity contribution < 1.29 is 19.4 Å². The summed E-state index contributed by atoms with van der Waals surface area (Å²) in [6.45, 7) is 1.41. The third-order valence-electron chi connectivity index (χ3n) is 2.67. The van der Waals surface area contributed by atoms with Crippen LogP contribution < -0.4 is 5.73 Å². The predicted molar refractivity (Wildman–Crippen MR) is 59.0 cm³/mol. The number of ether oxygens (including phenoxy) is 2. The van der Waals surface area contributed by atoms with Crippen LogP contribution in [0.1, 0.15) is 38.5 Å². The lowest BCUT2D eigenvalue weighted by molar-refractivity contribution is -0.163. The second-order valence-electron chi connectivity index (χ2n) is 4.11. The van der Waals surface area contributed by atoms with Gasteiger partial charge in [-0.25, -0.2) is 0 Å². The van der Waals surface area contributed by atoms with Crippen LogP contribution in [-0.4, -0.2) is 36.6 Å². The number of carboxylic acids is 1. The lowest BCUT2D eigenvalue weighted by Crippen LogP contribution is -2.29. The molecule has 1 aliphatic heterocycles. The molecule has 1 unspecified atom stereocenters. The molecular weight excluding hydrogens is 210 g/mol. The van der Waals surface area contributed by atoms with Gasteiger partial charge in [0.2, 0.25) is 0 Å². The molecule has 0 bridgehead atoms. The van der Waals surface area contributed by atoms with Crippen molar-refractivity contribution in [1.82, 2.24) is 0 Å². The molecule has 0 saturated carbocycles. The fourth-order valence-corrected chi connectivity index (χ4v) is 1.65. The van der Waals surface area contributed by atoms with Gasteiger partial charge < -0.3 is 20.3 Å². The Bertz CT molecular complexity index is 204. The number of carbonyl (C=O) groups is 1. The van der Waals surface area contributed by atoms with Crippen molar-refractivity contribution in [3.05, 3.63) is 0 Å². The number of rotatable bonds is 7. The van der Waals surface area contributed by atoms with Gasteiger partial charge in [0.15, 0.2) is 6.29 Å². The van der Waals surface area contributed by atoms with E-state index in [2.05, 4.69) is 0 Å². The Morgan fingerprint density at radius 3 is 2.94 bits per heavy atom. The zero-order chi connectivity index (χ0) is 11.8. The van der Waals surface area contributed by atoms with Crippen LogP contribution in [0.15, 0.2) is 0 Å². The van der Waals surface area contributed by atoms with Crippen LogP contribution in [0.3, 0.4) is 0 Å². The van der Waals surface area contributed by atoms with Gasteiger partial charge >= 0.3 is 5.97 Å². The van der Waals surface area contributed by atoms with E-state index in [4.69, 9.17) is 20.3 Å². The van der Waals surface area contributed by atoms with Gasteiger partial charge in [0, 0.05) is 13.2 Å². The number of hydrogen-bond acceptors (Lipinski definition) is 4. The Morgan fingerprint density at radius 1 is 1.50 bits per heavy atom. The van der Waals surface area contributed by atoms with Crippen LogP contribution in [0.2, 0.25) is 0 Å². The van der Waals surface area contributed by atoms with Gasteiger partial charge in [0.1, 0.15) is 6.04 Å². The minimum Gasteiger partial charge on any atom is -0.480 e. The number of hydrogen-bond donors (Lipinski definition) is 2. The summed E-state index contributed by atoms with van der Waals surface area (Å²) >= 11 is 0. The normalized spacial score (nSPS) is 22.9. The maximum Gasteiger partial charge on any atom is 0.320 e. The number of nitrogens with two attached hydrogens (primary N) is 1. The fraction of sp³-hybridized carbons (Fsp3) is 0.909. The number of aliphatic carboxylic acids is 1. The van der Waals surface area contributed by atoms with Crippen LogP contribution in [0.4, 0.5) is 0 Å². The summed E-state index contributed by atoms with van der Waals surface area (Å²) in [5.74, 6) is -0.934. The van der Waals surface area contributed by atoms with Gasteiger partial charge in [-0.2, -0.15) is 0 Å². The van der Waals surface area contributed by atoms with Crippen molar-refractivity contribution in [2.24, 2.45) is 5.73 Å². The van der Waals surface area contributed by atoms with Gasteiger partial charge in [-0.15, -0.1) is 0 Å². The average molecular weight is 231 g/mol. The largest absolute Gasteiger partial charge is 0.480 e. The molecule has 0 amide bonds. The molecule has 0 aromatic rings. The van der Waals surface area contributed by atoms with Crippen molar-refractivity contribution in [2.75, 3.05) is 13.2 Å². The zero-order valence-corrected chi connectivity index (χ0v) is 9.56. The quantitative estimate of drug-likeness (QED) is 0.641. The summed E-state index contributed by atoms with van der Waals surface area (Å²) < 4.78 is 10.9. The third kappa shape index (κ3) is 5.44. The van der Waals surface area contributed by atoms with Crippen molar-refractivity contribution in [3.8, 4) is 0 Å². The molecule has 1 fully saturated rings. The molecule has 1 aliphatic rings. The van der Waals surface area contributed by atoms with E-state index in [0.29, 0.717) is 13.0 Å². The average Bonchev–Trinajstić information content (AvgIpc) is 2.29. The van der Waals surface area contributed by atoms with Crippen LogP contribution in [-0.2, 0) is 14.3 Å². The molecule has 0 aromatic heterocycles. The van der Waals surface area contributed by atoms with E-state index in [9.17, 15) is 4.79 Å². The molecule has 0 aliphatic carbocycles. The van der Waals surface area contributed by atoms with Crippen molar-refractivity contribution in [2.45, 2.75) is 50.9 Å². The molecule has 1 heterocycles.